The van der Waals surface area contributed by atoms with Crippen LogP contribution in [0.5, 0.6) is 11.5 Å². The molecule has 7 rings (SSSR count). The lowest BCUT2D eigenvalue weighted by Gasteiger charge is -2.08. The lowest BCUT2D eigenvalue weighted by molar-refractivity contribution is 0.0601. The Kier molecular flexibility index (Phi) is 11.2. The van der Waals surface area contributed by atoms with Crippen molar-refractivity contribution in [1.82, 2.24) is 18.4 Å². The van der Waals surface area contributed by atoms with E-state index in [0.29, 0.717) is 76.4 Å². The van der Waals surface area contributed by atoms with Crippen LogP contribution in [-0.4, -0.2) is 68.4 Å². The van der Waals surface area contributed by atoms with Crippen LogP contribution >= 0.6 is 0 Å². The highest BCUT2D eigenvalue weighted by Crippen LogP contribution is 2.33. The maximum atomic E-state index is 13.6. The number of aromatic hydroxyl groups is 1. The van der Waals surface area contributed by atoms with Crippen molar-refractivity contribution in [3.8, 4) is 11.5 Å². The number of aromatic amines is 1. The van der Waals surface area contributed by atoms with E-state index in [9.17, 15) is 29.1 Å². The summed E-state index contributed by atoms with van der Waals surface area (Å²) >= 11 is 0. The number of methoxy groups -OCH3 is 2. The highest BCUT2D eigenvalue weighted by Gasteiger charge is 2.25. The molecular formula is C42H41N5O9. The van der Waals surface area contributed by atoms with Crippen LogP contribution in [0.3, 0.4) is 0 Å². The summed E-state index contributed by atoms with van der Waals surface area (Å²) in [6.07, 6.45) is 4.16. The van der Waals surface area contributed by atoms with E-state index in [4.69, 9.17) is 15.2 Å². The molecule has 0 bridgehead atoms. The SMILES string of the molecule is CCCn1c(=O)[nH]c2ccc(C(=O)c3c(C)c(OCCOC)c4ccccn34)cc2c1=O.COC(=O)c1cc(C(=O)c2c(C)c(O)c3ccccn23)ccc1N. The Labute approximate surface area is 320 Å². The van der Waals surface area contributed by atoms with Crippen molar-refractivity contribution in [3.05, 3.63) is 145 Å². The Morgan fingerprint density at radius 3 is 2.09 bits per heavy atom. The minimum Gasteiger partial charge on any atom is -0.505 e. The minimum atomic E-state index is -0.610. The van der Waals surface area contributed by atoms with Crippen molar-refractivity contribution >= 4 is 45.2 Å². The molecule has 0 aliphatic rings. The van der Waals surface area contributed by atoms with Crippen LogP contribution in [0.15, 0.2) is 94.8 Å². The molecule has 0 unspecified atom stereocenters. The van der Waals surface area contributed by atoms with E-state index < -0.39 is 17.2 Å². The van der Waals surface area contributed by atoms with E-state index in [1.54, 1.807) is 71.5 Å². The Bertz CT molecular complexity index is 2770. The molecule has 288 valence electrons. The monoisotopic (exact) mass is 759 g/mol. The van der Waals surface area contributed by atoms with Gasteiger partial charge in [0.15, 0.2) is 0 Å². The first-order chi connectivity index (χ1) is 26.9. The van der Waals surface area contributed by atoms with Gasteiger partial charge in [-0.2, -0.15) is 0 Å². The average molecular weight is 760 g/mol. The van der Waals surface area contributed by atoms with Crippen molar-refractivity contribution < 1.29 is 33.7 Å². The summed E-state index contributed by atoms with van der Waals surface area (Å²) in [4.78, 5) is 66.1. The molecule has 5 heterocycles. The highest BCUT2D eigenvalue weighted by atomic mass is 16.5. The lowest BCUT2D eigenvalue weighted by atomic mass is 10.0. The molecule has 0 saturated carbocycles. The molecule has 0 atom stereocenters. The van der Waals surface area contributed by atoms with E-state index in [1.807, 2.05) is 38.2 Å². The van der Waals surface area contributed by atoms with Crippen molar-refractivity contribution in [2.45, 2.75) is 33.7 Å². The van der Waals surface area contributed by atoms with Crippen LogP contribution in [0, 0.1) is 13.8 Å². The number of nitrogens with two attached hydrogens (primary N) is 1. The molecular weight excluding hydrogens is 718 g/mol. The number of anilines is 1. The number of ether oxygens (including phenoxy) is 3. The van der Waals surface area contributed by atoms with E-state index in [0.717, 1.165) is 10.1 Å². The molecule has 0 spiro atoms. The zero-order valence-electron chi connectivity index (χ0n) is 31.5. The molecule has 4 N–H and O–H groups in total. The second-order valence-electron chi connectivity index (χ2n) is 13.0. The van der Waals surface area contributed by atoms with Gasteiger partial charge in [-0.15, -0.1) is 0 Å². The first-order valence-electron chi connectivity index (χ1n) is 17.8. The van der Waals surface area contributed by atoms with Gasteiger partial charge in [-0.1, -0.05) is 19.1 Å². The van der Waals surface area contributed by atoms with Gasteiger partial charge in [-0.05, 0) is 80.9 Å². The van der Waals surface area contributed by atoms with Gasteiger partial charge in [-0.3, -0.25) is 19.0 Å². The third-order valence-electron chi connectivity index (χ3n) is 9.46. The molecule has 0 amide bonds. The molecule has 2 aromatic carbocycles. The molecule has 0 radical (unpaired) electrons. The number of rotatable bonds is 11. The van der Waals surface area contributed by atoms with Gasteiger partial charge in [0.2, 0.25) is 11.6 Å². The number of esters is 1. The lowest BCUT2D eigenvalue weighted by Crippen LogP contribution is -2.35. The van der Waals surface area contributed by atoms with Crippen molar-refractivity contribution in [3.63, 3.8) is 0 Å². The molecule has 56 heavy (non-hydrogen) atoms. The summed E-state index contributed by atoms with van der Waals surface area (Å²) in [5, 5.41) is 10.5. The number of pyridine rings is 2. The summed E-state index contributed by atoms with van der Waals surface area (Å²) in [6.45, 7) is 6.51. The molecule has 0 fully saturated rings. The molecule has 0 aliphatic carbocycles. The van der Waals surface area contributed by atoms with E-state index in [-0.39, 0.29) is 34.1 Å². The minimum absolute atomic E-state index is 0.0580. The fourth-order valence-corrected chi connectivity index (χ4v) is 6.66. The summed E-state index contributed by atoms with van der Waals surface area (Å²) in [6, 6.07) is 20.1. The van der Waals surface area contributed by atoms with E-state index >= 15 is 0 Å². The Morgan fingerprint density at radius 1 is 0.804 bits per heavy atom. The first kappa shape index (κ1) is 38.8. The number of carbonyl (C=O) groups excluding carboxylic acids is 3. The summed E-state index contributed by atoms with van der Waals surface area (Å²) in [5.41, 5.74) is 9.65. The van der Waals surface area contributed by atoms with Crippen LogP contribution < -0.4 is 21.7 Å². The maximum absolute atomic E-state index is 13.6. The molecule has 5 aromatic heterocycles. The summed E-state index contributed by atoms with van der Waals surface area (Å²) in [5.74, 6) is -0.482. The van der Waals surface area contributed by atoms with Crippen LogP contribution in [0.2, 0.25) is 0 Å². The summed E-state index contributed by atoms with van der Waals surface area (Å²) in [7, 11) is 2.85. The largest absolute Gasteiger partial charge is 0.505 e. The third kappa shape index (κ3) is 7.05. The van der Waals surface area contributed by atoms with Gasteiger partial charge in [0, 0.05) is 54.0 Å². The standard InChI is InChI=1S/C24H25N3O5.C18H16N2O4/c1-4-10-27-23(29)17-14-16(8-9-18(17)25-24(27)30)21(28)20-15(2)22(32-13-12-31-3)19-7-5-6-11-26(19)20;1-10-15(20-8-4-3-5-14(20)16(10)21)17(22)11-6-7-13(19)12(9-11)18(23)24-2/h5-9,11,14H,4,10,12-13H2,1-3H3,(H,25,30);3-9,21H,19H2,1-2H3. The number of H-pyrrole nitrogens is 1. The van der Waals surface area contributed by atoms with Gasteiger partial charge in [-0.25, -0.2) is 9.59 Å². The smallest absolute Gasteiger partial charge is 0.339 e. The first-order valence-corrected chi connectivity index (χ1v) is 17.8. The van der Waals surface area contributed by atoms with E-state index in [1.165, 1.54) is 19.2 Å². The normalized spacial score (nSPS) is 11.1. The predicted molar refractivity (Wildman–Crippen MR) is 211 cm³/mol. The fraction of sp³-hybridized carbons (Fsp3) is 0.214. The number of nitrogens with zero attached hydrogens (tertiary/aromatic N) is 3. The number of hydrogen-bond donors (Lipinski definition) is 3. The maximum Gasteiger partial charge on any atom is 0.339 e. The Morgan fingerprint density at radius 2 is 1.43 bits per heavy atom. The highest BCUT2D eigenvalue weighted by molar-refractivity contribution is 6.12. The second kappa shape index (κ2) is 16.2. The molecule has 14 heteroatoms. The average Bonchev–Trinajstić information content (AvgIpc) is 3.63. The zero-order chi connectivity index (χ0) is 40.3. The molecule has 14 nitrogen and oxygen atoms in total. The van der Waals surface area contributed by atoms with Crippen molar-refractivity contribution in [2.75, 3.05) is 33.2 Å². The number of fused-ring (bicyclic) bond motifs is 3. The summed E-state index contributed by atoms with van der Waals surface area (Å²) < 4.78 is 20.2. The number of carbonyl (C=O) groups is 3. The number of aromatic nitrogens is 4. The van der Waals surface area contributed by atoms with Crippen LogP contribution in [0.25, 0.3) is 21.9 Å². The number of nitrogens with one attached hydrogen (secondary N) is 1. The number of ketones is 2. The van der Waals surface area contributed by atoms with Crippen LogP contribution in [-0.2, 0) is 16.0 Å². The van der Waals surface area contributed by atoms with Crippen LogP contribution in [0.4, 0.5) is 5.69 Å². The molecule has 0 saturated heterocycles. The molecule has 7 aromatic rings. The topological polar surface area (TPSA) is 189 Å². The fourth-order valence-electron chi connectivity index (χ4n) is 6.66. The number of nitrogen functional groups attached to an aromatic ring is 1. The third-order valence-corrected chi connectivity index (χ3v) is 9.46. The molecule has 0 aliphatic heterocycles. The Balaban J connectivity index is 0.000000198. The zero-order valence-corrected chi connectivity index (χ0v) is 31.5. The predicted octanol–water partition coefficient (Wildman–Crippen LogP) is 5.47. The quantitative estimate of drug-likeness (QED) is 0.0660. The van der Waals surface area contributed by atoms with Gasteiger partial charge in [0.1, 0.15) is 29.5 Å². The number of hydrogen-bond acceptors (Lipinski definition) is 10. The van der Waals surface area contributed by atoms with Crippen LogP contribution in [0.1, 0.15) is 66.9 Å². The Hall–Kier alpha value is -6.93. The van der Waals surface area contributed by atoms with Crippen molar-refractivity contribution in [2.24, 2.45) is 0 Å². The van der Waals surface area contributed by atoms with Gasteiger partial charge >= 0.3 is 11.7 Å². The number of benzene rings is 2. The van der Waals surface area contributed by atoms with E-state index in [2.05, 4.69) is 9.72 Å². The van der Waals surface area contributed by atoms with Crippen molar-refractivity contribution in [1.29, 1.82) is 0 Å². The van der Waals surface area contributed by atoms with Gasteiger partial charge in [0.05, 0.1) is 41.2 Å². The second-order valence-corrected chi connectivity index (χ2v) is 13.0. The van der Waals surface area contributed by atoms with Gasteiger partial charge in [0.25, 0.3) is 5.56 Å². The van der Waals surface area contributed by atoms with Gasteiger partial charge < -0.3 is 38.8 Å².